The zero-order valence-corrected chi connectivity index (χ0v) is 17.4. The Hall–Kier alpha value is -3.83. The maximum Gasteiger partial charge on any atom is 0.278 e. The van der Waals surface area contributed by atoms with Crippen molar-refractivity contribution in [3.05, 3.63) is 74.7 Å². The molecular weight excluding hydrogens is 448 g/mol. The van der Waals surface area contributed by atoms with Crippen molar-refractivity contribution in [1.82, 2.24) is 14.9 Å². The van der Waals surface area contributed by atoms with Gasteiger partial charge < -0.3 is 15.3 Å². The van der Waals surface area contributed by atoms with Crippen molar-refractivity contribution in [3.8, 4) is 5.75 Å². The van der Waals surface area contributed by atoms with E-state index in [2.05, 4.69) is 5.32 Å². The Labute approximate surface area is 184 Å². The SMILES string of the molecule is C[C@@H]1C(F)=C[C@H](C)N2CN1n1cc(C(=O)NCc3c(F)cc(F)cc3F)c(=O)c(O)c1C2=O. The number of nitrogens with zero attached hydrogens (tertiary/aromatic N) is 3. The van der Waals surface area contributed by atoms with E-state index >= 15 is 0 Å². The summed E-state index contributed by atoms with van der Waals surface area (Å²) in [5.41, 5.74) is -2.92. The van der Waals surface area contributed by atoms with Crippen molar-refractivity contribution in [2.24, 2.45) is 0 Å². The first kappa shape index (κ1) is 22.4. The Balaban J connectivity index is 1.73. The molecule has 33 heavy (non-hydrogen) atoms. The van der Waals surface area contributed by atoms with Crippen LogP contribution in [0.15, 0.2) is 35.0 Å². The van der Waals surface area contributed by atoms with Gasteiger partial charge in [0.1, 0.15) is 35.5 Å². The number of rotatable bonds is 3. The highest BCUT2D eigenvalue weighted by molar-refractivity contribution is 5.99. The predicted octanol–water partition coefficient (Wildman–Crippen LogP) is 1.90. The van der Waals surface area contributed by atoms with Crippen LogP contribution in [-0.2, 0) is 6.54 Å². The topological polar surface area (TPSA) is 94.9 Å². The lowest BCUT2D eigenvalue weighted by atomic mass is 10.1. The smallest absolute Gasteiger partial charge is 0.278 e. The van der Waals surface area contributed by atoms with Crippen molar-refractivity contribution < 1.29 is 32.3 Å². The number of carbonyl (C=O) groups is 2. The van der Waals surface area contributed by atoms with Crippen molar-refractivity contribution in [3.63, 3.8) is 0 Å². The van der Waals surface area contributed by atoms with Gasteiger partial charge in [-0.3, -0.25) is 24.1 Å². The maximum absolute atomic E-state index is 14.6. The third-order valence-electron chi connectivity index (χ3n) is 5.72. The first-order valence-corrected chi connectivity index (χ1v) is 9.86. The standard InChI is InChI=1S/C21H18F4N4O4/c1-9-3-14(23)10(2)29-8-27(9)21(33)17-19(31)18(30)13(7-28(17)29)20(32)26-6-12-15(24)4-11(22)5-16(12)25/h3-5,7,9-10,31H,6,8H2,1-2H3,(H,26,32)/t9-,10+/m0/s1. The number of benzene rings is 1. The van der Waals surface area contributed by atoms with Gasteiger partial charge in [-0.25, -0.2) is 17.6 Å². The van der Waals surface area contributed by atoms with Gasteiger partial charge in [-0.1, -0.05) is 0 Å². The van der Waals surface area contributed by atoms with Gasteiger partial charge in [0.25, 0.3) is 11.8 Å². The van der Waals surface area contributed by atoms with Crippen LogP contribution < -0.4 is 15.8 Å². The Morgan fingerprint density at radius 3 is 2.42 bits per heavy atom. The van der Waals surface area contributed by atoms with E-state index in [4.69, 9.17) is 0 Å². The van der Waals surface area contributed by atoms with Gasteiger partial charge in [0.2, 0.25) is 5.43 Å². The highest BCUT2D eigenvalue weighted by Crippen LogP contribution is 2.29. The highest BCUT2D eigenvalue weighted by atomic mass is 19.1. The van der Waals surface area contributed by atoms with Crippen molar-refractivity contribution in [2.45, 2.75) is 32.5 Å². The molecule has 8 nitrogen and oxygen atoms in total. The molecule has 2 aromatic rings. The molecule has 1 aromatic heterocycles. The molecule has 0 aliphatic carbocycles. The fourth-order valence-corrected chi connectivity index (χ4v) is 3.81. The second kappa shape index (κ2) is 7.94. The minimum atomic E-state index is -1.24. The largest absolute Gasteiger partial charge is 0.502 e. The number of amides is 2. The highest BCUT2D eigenvalue weighted by Gasteiger charge is 2.40. The molecule has 174 valence electrons. The lowest BCUT2D eigenvalue weighted by Gasteiger charge is -2.41. The molecule has 0 radical (unpaired) electrons. The summed E-state index contributed by atoms with van der Waals surface area (Å²) in [6, 6.07) is -0.683. The molecule has 0 fully saturated rings. The van der Waals surface area contributed by atoms with Crippen LogP contribution in [0.4, 0.5) is 17.6 Å². The Bertz CT molecular complexity index is 1250. The molecule has 0 spiro atoms. The summed E-state index contributed by atoms with van der Waals surface area (Å²) in [5, 5.41) is 13.9. The summed E-state index contributed by atoms with van der Waals surface area (Å²) in [5.74, 6) is -7.06. The summed E-state index contributed by atoms with van der Waals surface area (Å²) in [4.78, 5) is 39.4. The summed E-state index contributed by atoms with van der Waals surface area (Å²) >= 11 is 0. The van der Waals surface area contributed by atoms with E-state index in [0.29, 0.717) is 12.1 Å². The van der Waals surface area contributed by atoms with E-state index in [9.17, 15) is 37.1 Å². The monoisotopic (exact) mass is 466 g/mol. The second-order valence-electron chi connectivity index (χ2n) is 7.77. The average Bonchev–Trinajstić information content (AvgIpc) is 2.83. The summed E-state index contributed by atoms with van der Waals surface area (Å²) < 4.78 is 56.3. The summed E-state index contributed by atoms with van der Waals surface area (Å²) in [6.07, 6.45) is 2.20. The van der Waals surface area contributed by atoms with E-state index in [1.165, 1.54) is 22.9 Å². The van der Waals surface area contributed by atoms with Crippen LogP contribution in [0.1, 0.15) is 40.3 Å². The first-order valence-electron chi connectivity index (χ1n) is 9.86. The summed E-state index contributed by atoms with van der Waals surface area (Å²) in [6.45, 7) is 2.26. The maximum atomic E-state index is 14.6. The van der Waals surface area contributed by atoms with Crippen molar-refractivity contribution >= 4 is 11.8 Å². The summed E-state index contributed by atoms with van der Waals surface area (Å²) in [7, 11) is 0. The molecule has 2 aliphatic rings. The number of nitrogens with one attached hydrogen (secondary N) is 1. The van der Waals surface area contributed by atoms with Gasteiger partial charge in [0, 0.05) is 30.4 Å². The number of fused-ring (bicyclic) bond motifs is 4. The minimum Gasteiger partial charge on any atom is -0.502 e. The van der Waals surface area contributed by atoms with Gasteiger partial charge in [-0.05, 0) is 19.9 Å². The van der Waals surface area contributed by atoms with Crippen LogP contribution >= 0.6 is 0 Å². The lowest BCUT2D eigenvalue weighted by molar-refractivity contribution is 0.0652. The Morgan fingerprint density at radius 2 is 1.79 bits per heavy atom. The van der Waals surface area contributed by atoms with Crippen molar-refractivity contribution in [2.75, 3.05) is 11.7 Å². The van der Waals surface area contributed by atoms with Crippen LogP contribution in [-0.4, -0.2) is 45.2 Å². The first-order chi connectivity index (χ1) is 15.5. The fourth-order valence-electron chi connectivity index (χ4n) is 3.81. The van der Waals surface area contributed by atoms with E-state index in [0.717, 1.165) is 10.9 Å². The normalized spacial score (nSPS) is 19.7. The molecule has 2 amide bonds. The van der Waals surface area contributed by atoms with Crippen LogP contribution in [0.3, 0.4) is 0 Å². The fraction of sp³-hybridized carbons (Fsp3) is 0.286. The molecule has 0 saturated carbocycles. The van der Waals surface area contributed by atoms with Crippen LogP contribution in [0.5, 0.6) is 5.75 Å². The van der Waals surface area contributed by atoms with Gasteiger partial charge in [0.05, 0.1) is 12.1 Å². The van der Waals surface area contributed by atoms with Gasteiger partial charge in [-0.2, -0.15) is 0 Å². The molecule has 2 atom stereocenters. The number of hydrogen-bond donors (Lipinski definition) is 2. The lowest BCUT2D eigenvalue weighted by Crippen LogP contribution is -2.57. The zero-order chi connectivity index (χ0) is 24.2. The van der Waals surface area contributed by atoms with Crippen LogP contribution in [0.2, 0.25) is 0 Å². The number of aromatic nitrogens is 1. The third-order valence-corrected chi connectivity index (χ3v) is 5.72. The molecule has 0 saturated heterocycles. The average molecular weight is 466 g/mol. The number of aromatic hydroxyl groups is 1. The van der Waals surface area contributed by atoms with Crippen LogP contribution in [0, 0.1) is 17.5 Å². The third kappa shape index (κ3) is 3.60. The molecular formula is C21H18F4N4O4. The van der Waals surface area contributed by atoms with E-state index in [1.807, 2.05) is 0 Å². The quantitative estimate of drug-likeness (QED) is 0.674. The van der Waals surface area contributed by atoms with E-state index < -0.39 is 81.7 Å². The Kier molecular flexibility index (Phi) is 5.38. The minimum absolute atomic E-state index is 0.0898. The number of pyridine rings is 1. The van der Waals surface area contributed by atoms with E-state index in [-0.39, 0.29) is 6.67 Å². The molecule has 0 unspecified atom stereocenters. The molecule has 4 rings (SSSR count). The van der Waals surface area contributed by atoms with Crippen molar-refractivity contribution in [1.29, 1.82) is 0 Å². The molecule has 2 aliphatic heterocycles. The van der Waals surface area contributed by atoms with Gasteiger partial charge >= 0.3 is 0 Å². The molecule has 3 heterocycles. The van der Waals surface area contributed by atoms with Gasteiger partial charge in [0.15, 0.2) is 11.4 Å². The van der Waals surface area contributed by atoms with Gasteiger partial charge in [-0.15, -0.1) is 0 Å². The predicted molar refractivity (Wildman–Crippen MR) is 107 cm³/mol. The number of halogens is 4. The molecule has 1 aromatic carbocycles. The second-order valence-corrected chi connectivity index (χ2v) is 7.77. The molecule has 12 heteroatoms. The molecule has 2 bridgehead atoms. The van der Waals surface area contributed by atoms with E-state index in [1.54, 1.807) is 6.92 Å². The number of hydrogen-bond acceptors (Lipinski definition) is 5. The van der Waals surface area contributed by atoms with Crippen LogP contribution in [0.25, 0.3) is 0 Å². The Morgan fingerprint density at radius 1 is 1.15 bits per heavy atom. The number of carbonyl (C=O) groups excluding carboxylic acids is 2. The molecule has 2 N–H and O–H groups in total. The zero-order valence-electron chi connectivity index (χ0n) is 17.4.